The number of rotatable bonds is 4. The Morgan fingerprint density at radius 3 is 3.28 bits per heavy atom. The number of hydrogen-bond acceptors (Lipinski definition) is 2. The zero-order chi connectivity index (χ0) is 12.5. The minimum Gasteiger partial charge on any atom is -0.349 e. The highest BCUT2D eigenvalue weighted by Gasteiger charge is 2.37. The van der Waals surface area contributed by atoms with Crippen LogP contribution in [-0.4, -0.2) is 22.1 Å². The molecule has 4 nitrogen and oxygen atoms in total. The first-order valence-electron chi connectivity index (χ1n) is 6.52. The molecule has 1 heterocycles. The first-order chi connectivity index (χ1) is 8.78. The van der Waals surface area contributed by atoms with Crippen LogP contribution in [0.2, 0.25) is 0 Å². The summed E-state index contributed by atoms with van der Waals surface area (Å²) in [5.74, 6) is 0.713. The maximum Gasteiger partial charge on any atom is 0.251 e. The molecule has 3 rings (SSSR count). The van der Waals surface area contributed by atoms with Crippen molar-refractivity contribution in [1.29, 1.82) is 0 Å². The lowest BCUT2D eigenvalue weighted by Gasteiger charge is -2.04. The molecule has 1 aliphatic rings. The van der Waals surface area contributed by atoms with Gasteiger partial charge in [0.15, 0.2) is 0 Å². The van der Waals surface area contributed by atoms with Crippen LogP contribution in [0.3, 0.4) is 0 Å². The predicted molar refractivity (Wildman–Crippen MR) is 70.4 cm³/mol. The molecule has 0 spiro atoms. The van der Waals surface area contributed by atoms with E-state index in [0.29, 0.717) is 17.5 Å². The van der Waals surface area contributed by atoms with Crippen LogP contribution in [0.25, 0.3) is 10.9 Å². The van der Waals surface area contributed by atoms with Crippen LogP contribution in [0, 0.1) is 5.92 Å². The molecule has 1 aromatic heterocycles. The third-order valence-electron chi connectivity index (χ3n) is 3.60. The molecule has 0 bridgehead atoms. The van der Waals surface area contributed by atoms with Gasteiger partial charge in [-0.05, 0) is 30.9 Å². The largest absolute Gasteiger partial charge is 0.349 e. The first-order valence-corrected chi connectivity index (χ1v) is 6.52. The van der Waals surface area contributed by atoms with E-state index in [1.165, 1.54) is 12.8 Å². The molecule has 0 radical (unpaired) electrons. The van der Waals surface area contributed by atoms with Gasteiger partial charge in [-0.2, -0.15) is 5.10 Å². The van der Waals surface area contributed by atoms with Gasteiger partial charge in [-0.15, -0.1) is 0 Å². The van der Waals surface area contributed by atoms with Crippen molar-refractivity contribution in [3.05, 3.63) is 30.0 Å². The number of fused-ring (bicyclic) bond motifs is 1. The van der Waals surface area contributed by atoms with Crippen molar-refractivity contribution in [3.63, 3.8) is 0 Å². The molecule has 4 heteroatoms. The summed E-state index contributed by atoms with van der Waals surface area (Å²) in [6.07, 6.45) is 5.29. The van der Waals surface area contributed by atoms with Crippen LogP contribution in [-0.2, 0) is 0 Å². The molecule has 1 fully saturated rings. The van der Waals surface area contributed by atoms with E-state index >= 15 is 0 Å². The van der Waals surface area contributed by atoms with Gasteiger partial charge in [0.1, 0.15) is 0 Å². The van der Waals surface area contributed by atoms with Crippen molar-refractivity contribution in [3.8, 4) is 0 Å². The number of H-pyrrole nitrogens is 1. The van der Waals surface area contributed by atoms with E-state index in [4.69, 9.17) is 0 Å². The fraction of sp³-hybridized carbons (Fsp3) is 0.429. The Morgan fingerprint density at radius 1 is 1.56 bits per heavy atom. The lowest BCUT2D eigenvalue weighted by molar-refractivity contribution is 0.0949. The summed E-state index contributed by atoms with van der Waals surface area (Å²) in [5, 5.41) is 11.0. The predicted octanol–water partition coefficient (Wildman–Crippen LogP) is 2.48. The standard InChI is InChI=1S/C14H17N3O/c1-2-3-9-6-12(9)16-14(18)10-4-5-11-8-15-17-13(11)7-10/h4-5,7-9,12H,2-3,6H2,1H3,(H,15,17)(H,16,18). The summed E-state index contributed by atoms with van der Waals surface area (Å²) in [4.78, 5) is 12.1. The Labute approximate surface area is 106 Å². The van der Waals surface area contributed by atoms with E-state index in [2.05, 4.69) is 22.4 Å². The average Bonchev–Trinajstić information content (AvgIpc) is 2.92. The molecule has 94 valence electrons. The monoisotopic (exact) mass is 243 g/mol. The van der Waals surface area contributed by atoms with Gasteiger partial charge in [-0.1, -0.05) is 19.4 Å². The zero-order valence-electron chi connectivity index (χ0n) is 10.4. The Hall–Kier alpha value is -1.84. The van der Waals surface area contributed by atoms with E-state index in [-0.39, 0.29) is 5.91 Å². The SMILES string of the molecule is CCCC1CC1NC(=O)c1ccc2cn[nH]c2c1. The second-order valence-electron chi connectivity index (χ2n) is 5.04. The molecule has 1 saturated carbocycles. The molecule has 1 aliphatic carbocycles. The summed E-state index contributed by atoms with van der Waals surface area (Å²) in [7, 11) is 0. The maximum atomic E-state index is 12.1. The van der Waals surface area contributed by atoms with Crippen LogP contribution in [0.15, 0.2) is 24.4 Å². The molecule has 2 aromatic rings. The van der Waals surface area contributed by atoms with Gasteiger partial charge in [0.05, 0.1) is 11.7 Å². The third kappa shape index (κ3) is 2.10. The van der Waals surface area contributed by atoms with Crippen LogP contribution < -0.4 is 5.32 Å². The Bertz CT molecular complexity index is 575. The number of nitrogens with zero attached hydrogens (tertiary/aromatic N) is 1. The number of carbonyl (C=O) groups is 1. The van der Waals surface area contributed by atoms with Crippen LogP contribution >= 0.6 is 0 Å². The maximum absolute atomic E-state index is 12.1. The average molecular weight is 243 g/mol. The number of amides is 1. The van der Waals surface area contributed by atoms with Gasteiger partial charge in [-0.25, -0.2) is 0 Å². The quantitative estimate of drug-likeness (QED) is 0.866. The lowest BCUT2D eigenvalue weighted by Crippen LogP contribution is -2.26. The van der Waals surface area contributed by atoms with Gasteiger partial charge in [0.25, 0.3) is 5.91 Å². The van der Waals surface area contributed by atoms with E-state index < -0.39 is 0 Å². The third-order valence-corrected chi connectivity index (χ3v) is 3.60. The molecule has 1 aromatic carbocycles. The summed E-state index contributed by atoms with van der Waals surface area (Å²) in [6, 6.07) is 6.01. The highest BCUT2D eigenvalue weighted by molar-refractivity contribution is 5.98. The number of aromatic nitrogens is 2. The normalized spacial score (nSPS) is 22.1. The summed E-state index contributed by atoms with van der Waals surface area (Å²) >= 11 is 0. The fourth-order valence-electron chi connectivity index (χ4n) is 2.44. The van der Waals surface area contributed by atoms with Crippen molar-refractivity contribution in [1.82, 2.24) is 15.5 Å². The van der Waals surface area contributed by atoms with Crippen molar-refractivity contribution in [2.45, 2.75) is 32.2 Å². The number of benzene rings is 1. The van der Waals surface area contributed by atoms with Crippen molar-refractivity contribution in [2.24, 2.45) is 5.92 Å². The summed E-state index contributed by atoms with van der Waals surface area (Å²) < 4.78 is 0. The smallest absolute Gasteiger partial charge is 0.251 e. The van der Waals surface area contributed by atoms with Gasteiger partial charge in [0, 0.05) is 17.0 Å². The molecular formula is C14H17N3O. The molecule has 1 amide bonds. The second kappa shape index (κ2) is 4.44. The summed E-state index contributed by atoms with van der Waals surface area (Å²) in [6.45, 7) is 2.18. The van der Waals surface area contributed by atoms with Gasteiger partial charge in [0.2, 0.25) is 0 Å². The molecule has 2 unspecified atom stereocenters. The highest BCUT2D eigenvalue weighted by atomic mass is 16.1. The van der Waals surface area contributed by atoms with E-state index in [1.807, 2.05) is 18.2 Å². The van der Waals surface area contributed by atoms with Gasteiger partial charge in [-0.3, -0.25) is 9.89 Å². The van der Waals surface area contributed by atoms with Crippen LogP contribution in [0.4, 0.5) is 0 Å². The van der Waals surface area contributed by atoms with E-state index in [9.17, 15) is 4.79 Å². The topological polar surface area (TPSA) is 57.8 Å². The Morgan fingerprint density at radius 2 is 2.44 bits per heavy atom. The molecule has 2 atom stereocenters. The zero-order valence-corrected chi connectivity index (χ0v) is 10.4. The minimum absolute atomic E-state index is 0.0232. The minimum atomic E-state index is 0.0232. The number of hydrogen-bond donors (Lipinski definition) is 2. The molecular weight excluding hydrogens is 226 g/mol. The van der Waals surface area contributed by atoms with Crippen molar-refractivity contribution >= 4 is 16.8 Å². The highest BCUT2D eigenvalue weighted by Crippen LogP contribution is 2.34. The Kier molecular flexibility index (Phi) is 2.78. The summed E-state index contributed by atoms with van der Waals surface area (Å²) in [5.41, 5.74) is 1.61. The molecule has 18 heavy (non-hydrogen) atoms. The van der Waals surface area contributed by atoms with E-state index in [0.717, 1.165) is 17.3 Å². The first kappa shape index (κ1) is 11.3. The molecule has 0 aliphatic heterocycles. The number of carbonyl (C=O) groups excluding carboxylic acids is 1. The van der Waals surface area contributed by atoms with Gasteiger partial charge < -0.3 is 5.32 Å². The van der Waals surface area contributed by atoms with Crippen LogP contribution in [0.5, 0.6) is 0 Å². The van der Waals surface area contributed by atoms with Crippen molar-refractivity contribution < 1.29 is 4.79 Å². The van der Waals surface area contributed by atoms with Crippen LogP contribution in [0.1, 0.15) is 36.5 Å². The van der Waals surface area contributed by atoms with E-state index in [1.54, 1.807) is 6.20 Å². The molecule has 2 N–H and O–H groups in total. The number of nitrogens with one attached hydrogen (secondary N) is 2. The molecule has 0 saturated heterocycles. The number of aromatic amines is 1. The second-order valence-corrected chi connectivity index (χ2v) is 5.04. The Balaban J connectivity index is 1.68. The fourth-order valence-corrected chi connectivity index (χ4v) is 2.44. The lowest BCUT2D eigenvalue weighted by atomic mass is 10.1. The van der Waals surface area contributed by atoms with Gasteiger partial charge >= 0.3 is 0 Å². The van der Waals surface area contributed by atoms with Crippen molar-refractivity contribution in [2.75, 3.05) is 0 Å².